The van der Waals surface area contributed by atoms with E-state index in [4.69, 9.17) is 5.73 Å². The molecule has 0 aromatic rings. The van der Waals surface area contributed by atoms with Crippen LogP contribution in [0.4, 0.5) is 0 Å². The lowest BCUT2D eigenvalue weighted by Gasteiger charge is -2.11. The van der Waals surface area contributed by atoms with Gasteiger partial charge in [-0.15, -0.1) is 0 Å². The highest BCUT2D eigenvalue weighted by Crippen LogP contribution is 2.15. The van der Waals surface area contributed by atoms with Crippen molar-refractivity contribution in [2.45, 2.75) is 206 Å². The number of allylic oxidation sites excluding steroid dienone is 2. The Labute approximate surface area is 223 Å². The molecule has 210 valence electrons. The summed E-state index contributed by atoms with van der Waals surface area (Å²) >= 11 is 0. The lowest BCUT2D eigenvalue weighted by atomic mass is 10.00. The van der Waals surface area contributed by atoms with Crippen LogP contribution in [0.1, 0.15) is 200 Å². The Hall–Kier alpha value is -0.300. The van der Waals surface area contributed by atoms with Crippen LogP contribution in [0.5, 0.6) is 0 Å². The van der Waals surface area contributed by atoms with Gasteiger partial charge < -0.3 is 5.73 Å². The van der Waals surface area contributed by atoms with E-state index in [1.807, 2.05) is 0 Å². The first kappa shape index (κ1) is 34.7. The summed E-state index contributed by atoms with van der Waals surface area (Å²) < 4.78 is 0. The van der Waals surface area contributed by atoms with E-state index >= 15 is 0 Å². The van der Waals surface area contributed by atoms with Crippen LogP contribution >= 0.6 is 0 Å². The molecule has 2 N–H and O–H groups in total. The maximum Gasteiger partial charge on any atom is 0.00388 e. The second kappa shape index (κ2) is 31.7. The van der Waals surface area contributed by atoms with E-state index in [1.54, 1.807) is 0 Å². The third-order valence-corrected chi connectivity index (χ3v) is 7.77. The quantitative estimate of drug-likeness (QED) is 0.0784. The minimum Gasteiger partial charge on any atom is -0.328 e. The first-order chi connectivity index (χ1) is 17.3. The highest BCUT2D eigenvalue weighted by molar-refractivity contribution is 4.81. The van der Waals surface area contributed by atoms with Crippen molar-refractivity contribution in [1.29, 1.82) is 0 Å². The van der Waals surface area contributed by atoms with Crippen molar-refractivity contribution >= 4 is 0 Å². The van der Waals surface area contributed by atoms with Crippen LogP contribution in [-0.4, -0.2) is 6.04 Å². The second-order valence-corrected chi connectivity index (χ2v) is 11.5. The molecule has 0 aliphatic rings. The molecule has 0 saturated carbocycles. The molecule has 0 amide bonds. The summed E-state index contributed by atoms with van der Waals surface area (Å²) in [5.41, 5.74) is 6.37. The molecular weight excluding hydrogens is 422 g/mol. The van der Waals surface area contributed by atoms with E-state index in [1.165, 1.54) is 186 Å². The first-order valence-corrected chi connectivity index (χ1v) is 16.7. The van der Waals surface area contributed by atoms with Crippen LogP contribution < -0.4 is 5.73 Å². The van der Waals surface area contributed by atoms with E-state index in [-0.39, 0.29) is 0 Å². The van der Waals surface area contributed by atoms with E-state index < -0.39 is 0 Å². The predicted octanol–water partition coefficient (Wildman–Crippen LogP) is 12.2. The molecule has 0 bridgehead atoms. The molecule has 0 saturated heterocycles. The van der Waals surface area contributed by atoms with Crippen LogP contribution in [0.2, 0.25) is 0 Å². The fourth-order valence-electron chi connectivity index (χ4n) is 5.22. The van der Waals surface area contributed by atoms with Crippen molar-refractivity contribution in [2.24, 2.45) is 5.73 Å². The van der Waals surface area contributed by atoms with Gasteiger partial charge in [-0.3, -0.25) is 0 Å². The molecule has 1 heteroatoms. The molecule has 1 unspecified atom stereocenters. The fourth-order valence-corrected chi connectivity index (χ4v) is 5.22. The predicted molar refractivity (Wildman–Crippen MR) is 162 cm³/mol. The minimum absolute atomic E-state index is 0.458. The van der Waals surface area contributed by atoms with Gasteiger partial charge in [0.25, 0.3) is 0 Å². The van der Waals surface area contributed by atoms with E-state index in [0.717, 1.165) is 0 Å². The molecule has 0 fully saturated rings. The van der Waals surface area contributed by atoms with Crippen LogP contribution in [0.25, 0.3) is 0 Å². The molecule has 0 heterocycles. The van der Waals surface area contributed by atoms with E-state index in [9.17, 15) is 0 Å². The topological polar surface area (TPSA) is 26.0 Å². The van der Waals surface area contributed by atoms with Gasteiger partial charge in [-0.25, -0.2) is 0 Å². The van der Waals surface area contributed by atoms with E-state index in [2.05, 4.69) is 26.0 Å². The number of nitrogens with two attached hydrogens (primary N) is 1. The minimum atomic E-state index is 0.458. The summed E-state index contributed by atoms with van der Waals surface area (Å²) in [5, 5.41) is 0. The molecule has 0 spiro atoms. The summed E-state index contributed by atoms with van der Waals surface area (Å²) in [7, 11) is 0. The molecule has 0 rings (SSSR count). The summed E-state index contributed by atoms with van der Waals surface area (Å²) in [6.45, 7) is 4.59. The fraction of sp³-hybridized carbons (Fsp3) is 0.941. The van der Waals surface area contributed by atoms with Crippen molar-refractivity contribution in [3.8, 4) is 0 Å². The summed E-state index contributed by atoms with van der Waals surface area (Å²) in [6, 6.07) is 0.458. The second-order valence-electron chi connectivity index (χ2n) is 11.5. The first-order valence-electron chi connectivity index (χ1n) is 16.7. The summed E-state index contributed by atoms with van der Waals surface area (Å²) in [6.07, 6.45) is 45.4. The van der Waals surface area contributed by atoms with Crippen LogP contribution in [0.3, 0.4) is 0 Å². The van der Waals surface area contributed by atoms with Gasteiger partial charge in [0.05, 0.1) is 0 Å². The lowest BCUT2D eigenvalue weighted by Crippen LogP contribution is -2.19. The molecule has 1 nitrogen and oxygen atoms in total. The molecule has 0 aromatic heterocycles. The highest BCUT2D eigenvalue weighted by atomic mass is 14.6. The maximum absolute atomic E-state index is 6.37. The van der Waals surface area contributed by atoms with Crippen LogP contribution in [-0.2, 0) is 0 Å². The van der Waals surface area contributed by atoms with Crippen molar-refractivity contribution in [1.82, 2.24) is 0 Å². The molecule has 0 radical (unpaired) electrons. The van der Waals surface area contributed by atoms with Gasteiger partial charge >= 0.3 is 0 Å². The zero-order chi connectivity index (χ0) is 25.5. The third-order valence-electron chi connectivity index (χ3n) is 7.77. The van der Waals surface area contributed by atoms with Gasteiger partial charge in [0.1, 0.15) is 0 Å². The number of hydrogen-bond acceptors (Lipinski definition) is 1. The largest absolute Gasteiger partial charge is 0.328 e. The average molecular weight is 492 g/mol. The lowest BCUT2D eigenvalue weighted by molar-refractivity contribution is 0.480. The molecule has 35 heavy (non-hydrogen) atoms. The van der Waals surface area contributed by atoms with Gasteiger partial charge in [0.15, 0.2) is 0 Å². The maximum atomic E-state index is 6.37. The monoisotopic (exact) mass is 492 g/mol. The van der Waals surface area contributed by atoms with Crippen LogP contribution in [0.15, 0.2) is 12.2 Å². The SMILES string of the molecule is CCCCCCCC/C=C\CCCCCCCCC(N)CCCCCCCCCCCCCCC. The smallest absolute Gasteiger partial charge is 0.00388 e. The Kier molecular flexibility index (Phi) is 31.5. The number of unbranched alkanes of at least 4 members (excludes halogenated alkanes) is 24. The van der Waals surface area contributed by atoms with Gasteiger partial charge in [0.2, 0.25) is 0 Å². The summed E-state index contributed by atoms with van der Waals surface area (Å²) in [5.74, 6) is 0. The van der Waals surface area contributed by atoms with Gasteiger partial charge in [-0.2, -0.15) is 0 Å². The average Bonchev–Trinajstić information content (AvgIpc) is 2.86. The van der Waals surface area contributed by atoms with Gasteiger partial charge in [-0.1, -0.05) is 174 Å². The van der Waals surface area contributed by atoms with Crippen LogP contribution in [0, 0.1) is 0 Å². The van der Waals surface area contributed by atoms with Crippen molar-refractivity contribution in [3.63, 3.8) is 0 Å². The van der Waals surface area contributed by atoms with Crippen molar-refractivity contribution in [3.05, 3.63) is 12.2 Å². The zero-order valence-corrected chi connectivity index (χ0v) is 24.8. The molecule has 0 aliphatic heterocycles. The Morgan fingerprint density at radius 3 is 0.943 bits per heavy atom. The normalized spacial score (nSPS) is 12.7. The Morgan fingerprint density at radius 2 is 0.629 bits per heavy atom. The molecule has 0 aliphatic carbocycles. The molecule has 1 atom stereocenters. The Morgan fingerprint density at radius 1 is 0.371 bits per heavy atom. The van der Waals surface area contributed by atoms with Crippen molar-refractivity contribution in [2.75, 3.05) is 0 Å². The Balaban J connectivity index is 3.18. The van der Waals surface area contributed by atoms with Crippen molar-refractivity contribution < 1.29 is 0 Å². The molecule has 0 aromatic carbocycles. The Bertz CT molecular complexity index is 388. The zero-order valence-electron chi connectivity index (χ0n) is 24.8. The number of hydrogen-bond donors (Lipinski definition) is 1. The molecular formula is C34H69N. The van der Waals surface area contributed by atoms with Gasteiger partial charge in [-0.05, 0) is 38.5 Å². The van der Waals surface area contributed by atoms with Gasteiger partial charge in [0, 0.05) is 6.04 Å². The standard InChI is InChI=1S/C34H69N/c1-3-5-7-9-11-13-15-17-18-19-21-23-25-27-29-31-33-34(35)32-30-28-26-24-22-20-16-14-12-10-8-6-4-2/h17-18,34H,3-16,19-33,35H2,1-2H3/b18-17-. The van der Waals surface area contributed by atoms with E-state index in [0.29, 0.717) is 6.04 Å². The summed E-state index contributed by atoms with van der Waals surface area (Å²) in [4.78, 5) is 0. The number of rotatable bonds is 30. The third kappa shape index (κ3) is 31.7. The highest BCUT2D eigenvalue weighted by Gasteiger charge is 2.02.